The summed E-state index contributed by atoms with van der Waals surface area (Å²) < 4.78 is 47.3. The summed E-state index contributed by atoms with van der Waals surface area (Å²) in [5.41, 5.74) is 1.28. The number of ether oxygens (including phenoxy) is 1. The predicted octanol–water partition coefficient (Wildman–Crippen LogP) is 5.09. The van der Waals surface area contributed by atoms with Crippen molar-refractivity contribution in [3.8, 4) is 5.75 Å². The minimum Gasteiger partial charge on any atom is -0.491 e. The summed E-state index contributed by atoms with van der Waals surface area (Å²) in [6.07, 6.45) is -1.94. The van der Waals surface area contributed by atoms with E-state index in [0.717, 1.165) is 54.5 Å². The Bertz CT molecular complexity index is 1220. The number of anilines is 2. The van der Waals surface area contributed by atoms with Crippen molar-refractivity contribution in [2.24, 2.45) is 0 Å². The Kier molecular flexibility index (Phi) is 5.97. The highest BCUT2D eigenvalue weighted by atomic mass is 19.3. The maximum atomic E-state index is 14.8. The van der Waals surface area contributed by atoms with E-state index in [0.29, 0.717) is 24.3 Å². The van der Waals surface area contributed by atoms with Crippen LogP contribution in [0.15, 0.2) is 30.3 Å². The van der Waals surface area contributed by atoms with Crippen LogP contribution < -0.4 is 15.0 Å². The van der Waals surface area contributed by atoms with Crippen LogP contribution in [0.1, 0.15) is 42.8 Å². The van der Waals surface area contributed by atoms with Gasteiger partial charge < -0.3 is 19.9 Å². The average Bonchev–Trinajstić information content (AvgIpc) is 2.95. The number of nitrogens with zero attached hydrogens (tertiary/aromatic N) is 4. The van der Waals surface area contributed by atoms with Gasteiger partial charge in [-0.05, 0) is 27.0 Å². The molecule has 0 amide bonds. The third kappa shape index (κ3) is 4.13. The fourth-order valence-corrected chi connectivity index (χ4v) is 4.95. The Hall–Kier alpha value is -3.07. The van der Waals surface area contributed by atoms with E-state index < -0.39 is 23.8 Å². The van der Waals surface area contributed by atoms with Crippen LogP contribution >= 0.6 is 0 Å². The fraction of sp³-hybridized carbons (Fsp3) is 0.440. The Labute approximate surface area is 196 Å². The van der Waals surface area contributed by atoms with Gasteiger partial charge in [-0.1, -0.05) is 18.2 Å². The van der Waals surface area contributed by atoms with E-state index in [-0.39, 0.29) is 5.56 Å². The van der Waals surface area contributed by atoms with Crippen molar-refractivity contribution < 1.29 is 17.9 Å². The molecule has 1 fully saturated rings. The van der Waals surface area contributed by atoms with E-state index in [4.69, 9.17) is 4.74 Å². The second kappa shape index (κ2) is 8.94. The van der Waals surface area contributed by atoms with E-state index in [1.54, 1.807) is 13.8 Å². The predicted molar refractivity (Wildman–Crippen MR) is 126 cm³/mol. The maximum Gasteiger partial charge on any atom is 0.266 e. The van der Waals surface area contributed by atoms with Crippen LogP contribution in [0, 0.1) is 12.7 Å². The van der Waals surface area contributed by atoms with Gasteiger partial charge >= 0.3 is 0 Å². The number of aromatic nitrogens is 2. The molecule has 2 aliphatic heterocycles. The standard InChI is InChI=1S/C25H28F3N5O/c1-14(17-5-4-6-18(23(17)26)24(27)28)29-25-19-11-21-22(12-20(19)30-15(2)31-25)34-10-7-16-13-32(3)8-9-33(16)21/h4-6,11-12,14,16,24H,7-10,13H2,1-3H3,(H,29,30,31)/t14-,16+/m1/s1. The van der Waals surface area contributed by atoms with Gasteiger partial charge in [0, 0.05) is 49.1 Å². The molecule has 0 saturated carbocycles. The van der Waals surface area contributed by atoms with Crippen LogP contribution in [-0.4, -0.2) is 54.2 Å². The third-order valence-corrected chi connectivity index (χ3v) is 6.71. The number of hydrogen-bond acceptors (Lipinski definition) is 6. The minimum absolute atomic E-state index is 0.166. The quantitative estimate of drug-likeness (QED) is 0.572. The highest BCUT2D eigenvalue weighted by Gasteiger charge is 2.30. The third-order valence-electron chi connectivity index (χ3n) is 6.71. The summed E-state index contributed by atoms with van der Waals surface area (Å²) in [5, 5.41) is 4.03. The van der Waals surface area contributed by atoms with Crippen molar-refractivity contribution in [2.75, 3.05) is 43.5 Å². The minimum atomic E-state index is -2.87. The van der Waals surface area contributed by atoms with E-state index in [9.17, 15) is 13.2 Å². The molecular formula is C25H28F3N5O. The number of benzene rings is 2. The van der Waals surface area contributed by atoms with Crippen LogP contribution in [0.5, 0.6) is 5.75 Å². The van der Waals surface area contributed by atoms with E-state index in [1.807, 2.05) is 12.1 Å². The SMILES string of the molecule is Cc1nc(N[C@H](C)c2cccc(C(F)F)c2F)c2cc3c(cc2n1)OCC[C@H]1CN(C)CCN31. The Morgan fingerprint density at radius 3 is 2.74 bits per heavy atom. The largest absolute Gasteiger partial charge is 0.491 e. The summed E-state index contributed by atoms with van der Waals surface area (Å²) in [5.74, 6) is 0.993. The number of alkyl halides is 2. The topological polar surface area (TPSA) is 53.5 Å². The van der Waals surface area contributed by atoms with Crippen LogP contribution in [0.2, 0.25) is 0 Å². The Balaban J connectivity index is 1.55. The maximum absolute atomic E-state index is 14.8. The lowest BCUT2D eigenvalue weighted by Gasteiger charge is -2.40. The molecule has 2 aromatic carbocycles. The summed E-state index contributed by atoms with van der Waals surface area (Å²) in [4.78, 5) is 13.9. The van der Waals surface area contributed by atoms with Crippen molar-refractivity contribution in [2.45, 2.75) is 38.8 Å². The zero-order valence-electron chi connectivity index (χ0n) is 19.5. The number of rotatable bonds is 4. The number of aryl methyl sites for hydroxylation is 1. The Morgan fingerprint density at radius 2 is 1.94 bits per heavy atom. The zero-order chi connectivity index (χ0) is 24.0. The van der Waals surface area contributed by atoms with Crippen LogP contribution in [0.25, 0.3) is 10.9 Å². The summed E-state index contributed by atoms with van der Waals surface area (Å²) in [7, 11) is 2.13. The number of likely N-dealkylation sites (N-methyl/N-ethyl adjacent to an activating group) is 1. The second-order valence-corrected chi connectivity index (χ2v) is 9.12. The zero-order valence-corrected chi connectivity index (χ0v) is 19.5. The molecule has 0 unspecified atom stereocenters. The van der Waals surface area contributed by atoms with E-state index in [2.05, 4.69) is 32.1 Å². The van der Waals surface area contributed by atoms with Gasteiger partial charge in [0.05, 0.1) is 29.4 Å². The first kappa shape index (κ1) is 22.7. The summed E-state index contributed by atoms with van der Waals surface area (Å²) in [6, 6.07) is 7.83. The lowest BCUT2D eigenvalue weighted by Crippen LogP contribution is -2.51. The monoisotopic (exact) mass is 471 g/mol. The van der Waals surface area contributed by atoms with Crippen LogP contribution in [0.3, 0.4) is 0 Å². The number of halogens is 3. The summed E-state index contributed by atoms with van der Waals surface area (Å²) in [6.45, 7) is 6.98. The number of nitrogens with one attached hydrogen (secondary N) is 1. The second-order valence-electron chi connectivity index (χ2n) is 9.12. The summed E-state index contributed by atoms with van der Waals surface area (Å²) >= 11 is 0. The first-order valence-electron chi connectivity index (χ1n) is 11.5. The smallest absolute Gasteiger partial charge is 0.266 e. The first-order valence-corrected chi connectivity index (χ1v) is 11.5. The van der Waals surface area contributed by atoms with Crippen LogP contribution in [-0.2, 0) is 0 Å². The first-order chi connectivity index (χ1) is 16.3. The van der Waals surface area contributed by atoms with Gasteiger partial charge in [-0.2, -0.15) is 0 Å². The molecule has 0 bridgehead atoms. The normalized spacial score (nSPS) is 19.4. The van der Waals surface area contributed by atoms with Gasteiger partial charge in [0.2, 0.25) is 0 Å². The number of fused-ring (bicyclic) bond motifs is 4. The van der Waals surface area contributed by atoms with Gasteiger partial charge in [-0.3, -0.25) is 0 Å². The molecule has 0 spiro atoms. The lowest BCUT2D eigenvalue weighted by molar-refractivity contribution is 0.146. The van der Waals surface area contributed by atoms with Crippen molar-refractivity contribution in [1.29, 1.82) is 0 Å². The fourth-order valence-electron chi connectivity index (χ4n) is 4.95. The molecule has 34 heavy (non-hydrogen) atoms. The van der Waals surface area contributed by atoms with E-state index in [1.165, 1.54) is 12.1 Å². The number of hydrogen-bond donors (Lipinski definition) is 1. The lowest BCUT2D eigenvalue weighted by atomic mass is 10.0. The molecule has 0 radical (unpaired) electrons. The number of piperazine rings is 1. The van der Waals surface area contributed by atoms with Gasteiger partial charge in [0.1, 0.15) is 23.2 Å². The van der Waals surface area contributed by atoms with Crippen LogP contribution in [0.4, 0.5) is 24.7 Å². The highest BCUT2D eigenvalue weighted by molar-refractivity contribution is 5.94. The molecule has 3 heterocycles. The molecule has 9 heteroatoms. The Morgan fingerprint density at radius 1 is 1.15 bits per heavy atom. The molecule has 180 valence electrons. The average molecular weight is 472 g/mol. The van der Waals surface area contributed by atoms with Gasteiger partial charge in [-0.15, -0.1) is 0 Å². The molecule has 3 aromatic rings. The molecule has 6 nitrogen and oxygen atoms in total. The van der Waals surface area contributed by atoms with Crippen molar-refractivity contribution in [1.82, 2.24) is 14.9 Å². The molecule has 5 rings (SSSR count). The highest BCUT2D eigenvalue weighted by Crippen LogP contribution is 2.40. The van der Waals surface area contributed by atoms with Crippen molar-refractivity contribution >= 4 is 22.4 Å². The van der Waals surface area contributed by atoms with Crippen molar-refractivity contribution in [3.05, 3.63) is 53.1 Å². The molecule has 1 aromatic heterocycles. The molecule has 1 saturated heterocycles. The molecule has 1 N–H and O–H groups in total. The van der Waals surface area contributed by atoms with Gasteiger partial charge in [0.15, 0.2) is 0 Å². The van der Waals surface area contributed by atoms with Gasteiger partial charge in [0.25, 0.3) is 6.43 Å². The molecule has 2 atom stereocenters. The molecule has 2 aliphatic rings. The molecule has 0 aliphatic carbocycles. The van der Waals surface area contributed by atoms with Gasteiger partial charge in [-0.25, -0.2) is 23.1 Å². The molecular weight excluding hydrogens is 443 g/mol. The van der Waals surface area contributed by atoms with E-state index >= 15 is 0 Å². The van der Waals surface area contributed by atoms with Crippen molar-refractivity contribution in [3.63, 3.8) is 0 Å².